The highest BCUT2D eigenvalue weighted by molar-refractivity contribution is 7.11. The van der Waals surface area contributed by atoms with E-state index in [0.29, 0.717) is 10.0 Å². The summed E-state index contributed by atoms with van der Waals surface area (Å²) in [7, 11) is 0. The third-order valence-electron chi connectivity index (χ3n) is 2.20. The van der Waals surface area contributed by atoms with Crippen LogP contribution in [0.25, 0.3) is 0 Å². The normalized spacial score (nSPS) is 12.5. The molecule has 0 saturated heterocycles. The summed E-state index contributed by atoms with van der Waals surface area (Å²) in [6, 6.07) is 0. The maximum absolute atomic E-state index is 11.7. The molecule has 84 valence electrons. The van der Waals surface area contributed by atoms with E-state index in [1.807, 2.05) is 13.8 Å². The van der Waals surface area contributed by atoms with Crippen molar-refractivity contribution in [3.63, 3.8) is 0 Å². The maximum Gasteiger partial charge on any atom is 0.227 e. The number of rotatable bonds is 4. The Labute approximate surface area is 99.0 Å². The first-order valence-corrected chi connectivity index (χ1v) is 6.14. The molecule has 3 nitrogen and oxygen atoms in total. The van der Waals surface area contributed by atoms with Gasteiger partial charge in [0.2, 0.25) is 5.91 Å². The Morgan fingerprint density at radius 1 is 1.67 bits per heavy atom. The monoisotopic (exact) mass is 246 g/mol. The second-order valence-electron chi connectivity index (χ2n) is 3.59. The Bertz CT molecular complexity index is 351. The van der Waals surface area contributed by atoms with Crippen LogP contribution in [-0.2, 0) is 4.79 Å². The van der Waals surface area contributed by atoms with Gasteiger partial charge >= 0.3 is 0 Å². The van der Waals surface area contributed by atoms with E-state index in [1.54, 1.807) is 0 Å². The molecule has 1 atom stereocenters. The Balaban J connectivity index is 2.62. The van der Waals surface area contributed by atoms with Gasteiger partial charge in [0.15, 0.2) is 0 Å². The molecular weight excluding hydrogens is 232 g/mol. The van der Waals surface area contributed by atoms with Gasteiger partial charge in [0, 0.05) is 5.92 Å². The van der Waals surface area contributed by atoms with E-state index in [2.05, 4.69) is 16.6 Å². The number of nitrogens with zero attached hydrogens (tertiary/aromatic N) is 1. The molecule has 0 aliphatic rings. The highest BCUT2D eigenvalue weighted by atomic mass is 35.5. The van der Waals surface area contributed by atoms with Crippen molar-refractivity contribution in [3.05, 3.63) is 10.7 Å². The van der Waals surface area contributed by atoms with E-state index >= 15 is 0 Å². The van der Waals surface area contributed by atoms with Crippen molar-refractivity contribution in [2.24, 2.45) is 5.92 Å². The predicted octanol–water partition coefficient (Wildman–Crippen LogP) is 3.48. The smallest absolute Gasteiger partial charge is 0.227 e. The molecule has 0 aromatic carbocycles. The summed E-state index contributed by atoms with van der Waals surface area (Å²) in [6.07, 6.45) is 1.89. The van der Waals surface area contributed by atoms with Crippen LogP contribution in [0.15, 0.2) is 0 Å². The van der Waals surface area contributed by atoms with Gasteiger partial charge in [-0.15, -0.1) is 0 Å². The van der Waals surface area contributed by atoms with Gasteiger partial charge in [0.1, 0.15) is 5.00 Å². The summed E-state index contributed by atoms with van der Waals surface area (Å²) in [6.45, 7) is 5.80. The van der Waals surface area contributed by atoms with E-state index in [4.69, 9.17) is 11.6 Å². The van der Waals surface area contributed by atoms with Crippen LogP contribution in [-0.4, -0.2) is 10.3 Å². The molecule has 1 aromatic rings. The Morgan fingerprint density at radius 3 is 2.80 bits per heavy atom. The second-order valence-corrected chi connectivity index (χ2v) is 4.74. The average molecular weight is 247 g/mol. The number of carbonyl (C=O) groups excluding carboxylic acids is 1. The van der Waals surface area contributed by atoms with Crippen molar-refractivity contribution in [1.29, 1.82) is 0 Å². The van der Waals surface area contributed by atoms with Crippen molar-refractivity contribution in [3.8, 4) is 0 Å². The average Bonchev–Trinajstić information content (AvgIpc) is 2.50. The van der Waals surface area contributed by atoms with Gasteiger partial charge in [-0.25, -0.2) is 0 Å². The molecule has 0 aliphatic carbocycles. The number of hydrogen-bond acceptors (Lipinski definition) is 3. The first-order valence-electron chi connectivity index (χ1n) is 4.98. The van der Waals surface area contributed by atoms with Gasteiger partial charge < -0.3 is 5.32 Å². The van der Waals surface area contributed by atoms with Crippen LogP contribution in [0, 0.1) is 12.8 Å². The molecule has 1 heterocycles. The summed E-state index contributed by atoms with van der Waals surface area (Å²) in [5.74, 6) is 0.0378. The molecule has 0 radical (unpaired) electrons. The fraction of sp³-hybridized carbons (Fsp3) is 0.600. The lowest BCUT2D eigenvalue weighted by Crippen LogP contribution is -2.19. The summed E-state index contributed by atoms with van der Waals surface area (Å²) < 4.78 is 4.07. The minimum Gasteiger partial charge on any atom is -0.315 e. The van der Waals surface area contributed by atoms with Gasteiger partial charge in [0.05, 0.1) is 10.7 Å². The summed E-state index contributed by atoms with van der Waals surface area (Å²) >= 11 is 7.19. The van der Waals surface area contributed by atoms with Crippen LogP contribution >= 0.6 is 23.1 Å². The molecule has 1 rings (SSSR count). The number of anilines is 1. The van der Waals surface area contributed by atoms with E-state index in [0.717, 1.165) is 18.5 Å². The topological polar surface area (TPSA) is 42.0 Å². The standard InChI is InChI=1S/C10H15ClN2OS/c1-4-5-6(2)9(14)12-10-8(11)7(3)13-15-10/h6H,4-5H2,1-3H3,(H,12,14). The number of halogens is 1. The number of nitrogens with one attached hydrogen (secondary N) is 1. The minimum atomic E-state index is 0.0161. The molecule has 1 unspecified atom stereocenters. The van der Waals surface area contributed by atoms with Crippen molar-refractivity contribution in [2.75, 3.05) is 5.32 Å². The lowest BCUT2D eigenvalue weighted by atomic mass is 10.1. The molecule has 0 aliphatic heterocycles. The van der Waals surface area contributed by atoms with Gasteiger partial charge in [-0.05, 0) is 24.9 Å². The SMILES string of the molecule is CCCC(C)C(=O)Nc1snc(C)c1Cl. The lowest BCUT2D eigenvalue weighted by Gasteiger charge is -2.09. The van der Waals surface area contributed by atoms with Crippen LogP contribution in [0.1, 0.15) is 32.4 Å². The molecule has 1 aromatic heterocycles. The molecule has 0 saturated carbocycles. The van der Waals surface area contributed by atoms with E-state index in [1.165, 1.54) is 11.5 Å². The molecule has 0 spiro atoms. The van der Waals surface area contributed by atoms with E-state index in [-0.39, 0.29) is 11.8 Å². The number of aryl methyl sites for hydroxylation is 1. The van der Waals surface area contributed by atoms with Crippen molar-refractivity contribution in [2.45, 2.75) is 33.6 Å². The highest BCUT2D eigenvalue weighted by Gasteiger charge is 2.15. The molecule has 1 amide bonds. The van der Waals surface area contributed by atoms with Gasteiger partial charge in [-0.2, -0.15) is 4.37 Å². The maximum atomic E-state index is 11.7. The number of aromatic nitrogens is 1. The summed E-state index contributed by atoms with van der Waals surface area (Å²) in [4.78, 5) is 11.7. The number of amides is 1. The highest BCUT2D eigenvalue weighted by Crippen LogP contribution is 2.29. The fourth-order valence-corrected chi connectivity index (χ4v) is 2.17. The van der Waals surface area contributed by atoms with Gasteiger partial charge in [-0.1, -0.05) is 31.9 Å². The van der Waals surface area contributed by atoms with E-state index < -0.39 is 0 Å². The molecule has 1 N–H and O–H groups in total. The zero-order valence-electron chi connectivity index (χ0n) is 9.13. The van der Waals surface area contributed by atoms with Crippen LogP contribution in [0.5, 0.6) is 0 Å². The number of carbonyl (C=O) groups is 1. The van der Waals surface area contributed by atoms with Crippen LogP contribution < -0.4 is 5.32 Å². The van der Waals surface area contributed by atoms with Crippen LogP contribution in [0.4, 0.5) is 5.00 Å². The Kier molecular flexibility index (Phi) is 4.54. The first-order chi connectivity index (χ1) is 7.06. The Hall–Kier alpha value is -0.610. The second kappa shape index (κ2) is 5.47. The van der Waals surface area contributed by atoms with Gasteiger partial charge in [0.25, 0.3) is 0 Å². The van der Waals surface area contributed by atoms with Crippen molar-refractivity contribution < 1.29 is 4.79 Å². The zero-order chi connectivity index (χ0) is 11.4. The largest absolute Gasteiger partial charge is 0.315 e. The van der Waals surface area contributed by atoms with Crippen LogP contribution in [0.3, 0.4) is 0 Å². The molecule has 0 fully saturated rings. The summed E-state index contributed by atoms with van der Waals surface area (Å²) in [5.41, 5.74) is 0.764. The first kappa shape index (κ1) is 12.5. The lowest BCUT2D eigenvalue weighted by molar-refractivity contribution is -0.119. The van der Waals surface area contributed by atoms with Gasteiger partial charge in [-0.3, -0.25) is 4.79 Å². The molecular formula is C10H15ClN2OS. The zero-order valence-corrected chi connectivity index (χ0v) is 10.7. The third-order valence-corrected chi connectivity index (χ3v) is 3.63. The molecule has 0 bridgehead atoms. The van der Waals surface area contributed by atoms with Crippen molar-refractivity contribution >= 4 is 34.0 Å². The predicted molar refractivity (Wildman–Crippen MR) is 64.6 cm³/mol. The molecule has 5 heteroatoms. The summed E-state index contributed by atoms with van der Waals surface area (Å²) in [5, 5.41) is 4.01. The van der Waals surface area contributed by atoms with E-state index in [9.17, 15) is 4.79 Å². The molecule has 15 heavy (non-hydrogen) atoms. The quantitative estimate of drug-likeness (QED) is 0.884. The number of hydrogen-bond donors (Lipinski definition) is 1. The minimum absolute atomic E-state index is 0.0161. The Morgan fingerprint density at radius 2 is 2.33 bits per heavy atom. The van der Waals surface area contributed by atoms with Crippen molar-refractivity contribution in [1.82, 2.24) is 4.37 Å². The fourth-order valence-electron chi connectivity index (χ4n) is 1.24. The third kappa shape index (κ3) is 3.18. The van der Waals surface area contributed by atoms with Crippen LogP contribution in [0.2, 0.25) is 5.02 Å².